The fourth-order valence-electron chi connectivity index (χ4n) is 1.81. The molecule has 1 aromatic rings. The highest BCUT2D eigenvalue weighted by Gasteiger charge is 2.26. The van der Waals surface area contributed by atoms with Crippen molar-refractivity contribution in [2.75, 3.05) is 5.73 Å². The number of halogens is 3. The van der Waals surface area contributed by atoms with E-state index in [0.717, 1.165) is 31.4 Å². The number of nitrogens with zero attached hydrogens (tertiary/aromatic N) is 1. The molecule has 8 heteroatoms. The van der Waals surface area contributed by atoms with Gasteiger partial charge < -0.3 is 5.73 Å². The highest BCUT2D eigenvalue weighted by molar-refractivity contribution is 6.45. The van der Waals surface area contributed by atoms with Crippen LogP contribution in [0.15, 0.2) is 5.10 Å². The lowest BCUT2D eigenvalue weighted by Crippen LogP contribution is -2.28. The summed E-state index contributed by atoms with van der Waals surface area (Å²) in [5, 5.41) is 4.22. The maximum absolute atomic E-state index is 11.9. The van der Waals surface area contributed by atoms with Crippen molar-refractivity contribution in [3.63, 3.8) is 0 Å². The number of pyridine rings is 1. The predicted octanol–water partition coefficient (Wildman–Crippen LogP) is 2.70. The van der Waals surface area contributed by atoms with Crippen LogP contribution in [0.4, 0.5) is 5.69 Å². The maximum atomic E-state index is 11.9. The van der Waals surface area contributed by atoms with Crippen molar-refractivity contribution in [1.82, 2.24) is 5.43 Å². The smallest absolute Gasteiger partial charge is 0.337 e. The Labute approximate surface area is 125 Å². The van der Waals surface area contributed by atoms with Crippen molar-refractivity contribution in [3.05, 3.63) is 20.9 Å². The van der Waals surface area contributed by atoms with Crippen LogP contribution in [-0.4, -0.2) is 11.6 Å². The van der Waals surface area contributed by atoms with Crippen molar-refractivity contribution < 1.29 is 9.78 Å². The van der Waals surface area contributed by atoms with E-state index >= 15 is 0 Å². The second-order valence-electron chi connectivity index (χ2n) is 4.18. The summed E-state index contributed by atoms with van der Waals surface area (Å²) in [6.07, 6.45) is 4.01. The Kier molecular flexibility index (Phi) is 4.50. The quantitative estimate of drug-likeness (QED) is 0.648. The number of carbonyl (C=O) groups excluding carboxylic acids is 1. The average Bonchev–Trinajstić information content (AvgIpc) is 2.91. The Morgan fingerprint density at radius 2 is 1.84 bits per heavy atom. The molecule has 0 aromatic carbocycles. The van der Waals surface area contributed by atoms with E-state index in [9.17, 15) is 4.79 Å². The van der Waals surface area contributed by atoms with Gasteiger partial charge in [0.1, 0.15) is 10.0 Å². The first-order valence-electron chi connectivity index (χ1n) is 5.71. The largest absolute Gasteiger partial charge is 0.396 e. The van der Waals surface area contributed by atoms with Gasteiger partial charge in [-0.15, -0.1) is 0 Å². The van der Waals surface area contributed by atoms with Gasteiger partial charge in [-0.05, 0) is 37.3 Å². The molecule has 5 nitrogen and oxygen atoms in total. The molecule has 19 heavy (non-hydrogen) atoms. The van der Waals surface area contributed by atoms with E-state index in [1.54, 1.807) is 0 Å². The van der Waals surface area contributed by atoms with Crippen LogP contribution in [-0.2, 0) is 0 Å². The molecule has 1 amide bonds. The van der Waals surface area contributed by atoms with Crippen LogP contribution in [0.2, 0.25) is 15.2 Å². The third-order valence-electron chi connectivity index (χ3n) is 2.84. The number of amides is 1. The van der Waals surface area contributed by atoms with Crippen molar-refractivity contribution in [2.24, 2.45) is 5.10 Å². The molecule has 102 valence electrons. The van der Waals surface area contributed by atoms with Gasteiger partial charge in [0, 0.05) is 5.71 Å². The SMILES string of the molecule is Nc1c(Cl)c(Cl)[nH+]c(C(=O)NN=C2CCCC2)c1Cl. The number of H-pyrrole nitrogens is 1. The molecule has 1 aliphatic carbocycles. The van der Waals surface area contributed by atoms with Gasteiger partial charge in [0.15, 0.2) is 0 Å². The third-order valence-corrected chi connectivity index (χ3v) is 4.01. The molecular weight excluding hydrogens is 311 g/mol. The molecule has 1 aliphatic rings. The van der Waals surface area contributed by atoms with Crippen LogP contribution in [0.5, 0.6) is 0 Å². The van der Waals surface area contributed by atoms with Crippen molar-refractivity contribution >= 4 is 52.1 Å². The molecule has 0 radical (unpaired) electrons. The zero-order chi connectivity index (χ0) is 14.0. The van der Waals surface area contributed by atoms with Crippen LogP contribution in [0.1, 0.15) is 36.2 Å². The maximum Gasteiger partial charge on any atom is 0.337 e. The van der Waals surface area contributed by atoms with E-state index in [1.807, 2.05) is 0 Å². The molecule has 1 heterocycles. The summed E-state index contributed by atoms with van der Waals surface area (Å²) in [6, 6.07) is 0. The number of aromatic amines is 1. The second kappa shape index (κ2) is 5.94. The van der Waals surface area contributed by atoms with E-state index in [0.29, 0.717) is 0 Å². The van der Waals surface area contributed by atoms with Gasteiger partial charge in [0.05, 0.1) is 5.69 Å². The molecule has 0 saturated heterocycles. The molecule has 0 unspecified atom stereocenters. The summed E-state index contributed by atoms with van der Waals surface area (Å²) in [5.41, 5.74) is 9.16. The minimum atomic E-state index is -0.505. The van der Waals surface area contributed by atoms with E-state index in [4.69, 9.17) is 40.5 Å². The number of hydrazone groups is 1. The summed E-state index contributed by atoms with van der Waals surface area (Å²) in [6.45, 7) is 0. The number of rotatable bonds is 2. The minimum Gasteiger partial charge on any atom is -0.396 e. The molecule has 0 atom stereocenters. The standard InChI is InChI=1S/C11H11Cl3N4O/c12-6-8(15)7(13)10(14)16-9(6)11(19)18-17-5-3-1-2-4-5/h1-4H2,(H2,15,16)(H,18,19)/p+1. The van der Waals surface area contributed by atoms with Gasteiger partial charge in [-0.25, -0.2) is 5.43 Å². The number of nitrogens with one attached hydrogen (secondary N) is 2. The Balaban J connectivity index is 2.22. The van der Waals surface area contributed by atoms with Gasteiger partial charge in [0.2, 0.25) is 0 Å². The lowest BCUT2D eigenvalue weighted by molar-refractivity contribution is -0.379. The molecule has 1 aromatic heterocycles. The number of anilines is 1. The number of hydrogen-bond donors (Lipinski definition) is 2. The zero-order valence-electron chi connectivity index (χ0n) is 9.90. The zero-order valence-corrected chi connectivity index (χ0v) is 12.2. The van der Waals surface area contributed by atoms with Crippen LogP contribution in [0.25, 0.3) is 0 Å². The summed E-state index contributed by atoms with van der Waals surface area (Å²) in [4.78, 5) is 14.5. The van der Waals surface area contributed by atoms with E-state index in [1.165, 1.54) is 0 Å². The second-order valence-corrected chi connectivity index (χ2v) is 5.32. The molecule has 1 fully saturated rings. The average molecular weight is 323 g/mol. The molecular formula is C11H12Cl3N4O+. The van der Waals surface area contributed by atoms with Gasteiger partial charge in [0.25, 0.3) is 10.8 Å². The highest BCUT2D eigenvalue weighted by atomic mass is 35.5. The molecule has 0 aliphatic heterocycles. The van der Waals surface area contributed by atoms with Crippen LogP contribution < -0.4 is 16.1 Å². The van der Waals surface area contributed by atoms with Crippen LogP contribution in [0, 0.1) is 0 Å². The number of nitrogens with two attached hydrogens (primary N) is 1. The first-order chi connectivity index (χ1) is 9.00. The van der Waals surface area contributed by atoms with Gasteiger partial charge >= 0.3 is 5.91 Å². The van der Waals surface area contributed by atoms with E-state index < -0.39 is 5.91 Å². The van der Waals surface area contributed by atoms with Gasteiger partial charge in [-0.2, -0.15) is 10.1 Å². The molecule has 1 saturated carbocycles. The number of nitrogen functional groups attached to an aromatic ring is 1. The van der Waals surface area contributed by atoms with Gasteiger partial charge in [-0.1, -0.05) is 23.2 Å². The number of carbonyl (C=O) groups is 1. The predicted molar refractivity (Wildman–Crippen MR) is 75.8 cm³/mol. The summed E-state index contributed by atoms with van der Waals surface area (Å²) < 4.78 is 0. The topological polar surface area (TPSA) is 81.6 Å². The van der Waals surface area contributed by atoms with E-state index in [2.05, 4.69) is 15.5 Å². The fourth-order valence-corrected chi connectivity index (χ4v) is 2.42. The fraction of sp³-hybridized carbons (Fsp3) is 0.364. The number of hydrogen-bond acceptors (Lipinski definition) is 3. The Hall–Kier alpha value is -1.04. The van der Waals surface area contributed by atoms with Crippen molar-refractivity contribution in [2.45, 2.75) is 25.7 Å². The molecule has 0 bridgehead atoms. The van der Waals surface area contributed by atoms with Crippen LogP contribution >= 0.6 is 34.8 Å². The van der Waals surface area contributed by atoms with Crippen molar-refractivity contribution in [3.8, 4) is 0 Å². The Morgan fingerprint density at radius 3 is 2.47 bits per heavy atom. The molecule has 2 rings (SSSR count). The Morgan fingerprint density at radius 1 is 1.21 bits per heavy atom. The monoisotopic (exact) mass is 321 g/mol. The lowest BCUT2D eigenvalue weighted by atomic mass is 10.3. The van der Waals surface area contributed by atoms with Gasteiger partial charge in [-0.3, -0.25) is 4.79 Å². The minimum absolute atomic E-state index is 0.0264. The normalized spacial score (nSPS) is 14.6. The Bertz CT molecular complexity index is 551. The third kappa shape index (κ3) is 3.11. The molecule has 4 N–H and O–H groups in total. The first kappa shape index (κ1) is 14.4. The van der Waals surface area contributed by atoms with Crippen LogP contribution in [0.3, 0.4) is 0 Å². The van der Waals surface area contributed by atoms with E-state index in [-0.39, 0.29) is 26.6 Å². The summed E-state index contributed by atoms with van der Waals surface area (Å²) >= 11 is 17.6. The summed E-state index contributed by atoms with van der Waals surface area (Å²) in [5.74, 6) is -0.505. The number of aromatic nitrogens is 1. The van der Waals surface area contributed by atoms with Crippen molar-refractivity contribution in [1.29, 1.82) is 0 Å². The highest BCUT2D eigenvalue weighted by Crippen LogP contribution is 2.31. The summed E-state index contributed by atoms with van der Waals surface area (Å²) in [7, 11) is 0. The lowest BCUT2D eigenvalue weighted by Gasteiger charge is -2.03. The first-order valence-corrected chi connectivity index (χ1v) is 6.85. The molecule has 0 spiro atoms.